The molecule has 0 fully saturated rings. The van der Waals surface area contributed by atoms with Crippen LogP contribution in [0.2, 0.25) is 0 Å². The van der Waals surface area contributed by atoms with Gasteiger partial charge in [0, 0.05) is 18.6 Å². The minimum atomic E-state index is 0.137. The zero-order valence-corrected chi connectivity index (χ0v) is 13.4. The molecule has 0 spiro atoms. The Bertz CT molecular complexity index is 189. The van der Waals surface area contributed by atoms with Crippen LogP contribution < -0.4 is 0 Å². The summed E-state index contributed by atoms with van der Waals surface area (Å²) < 4.78 is 11.7. The van der Waals surface area contributed by atoms with Gasteiger partial charge in [0.15, 0.2) is 0 Å². The first kappa shape index (κ1) is 18.7. The summed E-state index contributed by atoms with van der Waals surface area (Å²) in [5, 5.41) is 0. The molecule has 0 heterocycles. The van der Waals surface area contributed by atoms with Crippen molar-refractivity contribution in [1.82, 2.24) is 0 Å². The maximum atomic E-state index is 5.87. The maximum Gasteiger partial charge on any atom is 0.0547 e. The van der Waals surface area contributed by atoms with Crippen molar-refractivity contribution in [2.45, 2.75) is 65.7 Å². The van der Waals surface area contributed by atoms with E-state index in [4.69, 9.17) is 9.47 Å². The second-order valence-electron chi connectivity index (χ2n) is 5.56. The number of ether oxygens (including phenoxy) is 2. The smallest absolute Gasteiger partial charge is 0.0547 e. The Morgan fingerprint density at radius 2 is 1.42 bits per heavy atom. The number of rotatable bonds is 14. The van der Waals surface area contributed by atoms with Gasteiger partial charge >= 0.3 is 0 Å². The molecule has 0 bridgehead atoms. The zero-order valence-electron chi connectivity index (χ0n) is 13.4. The Hall–Kier alpha value is -0.340. The van der Waals surface area contributed by atoms with Crippen molar-refractivity contribution in [3.8, 4) is 0 Å². The van der Waals surface area contributed by atoms with Gasteiger partial charge in [-0.1, -0.05) is 46.1 Å². The predicted octanol–water partition coefficient (Wildman–Crippen LogP) is 4.98. The number of allylic oxidation sites excluding steroid dienone is 1. The highest BCUT2D eigenvalue weighted by Crippen LogP contribution is 2.30. The molecular weight excluding hydrogens is 236 g/mol. The van der Waals surface area contributed by atoms with E-state index in [1.54, 1.807) is 0 Å². The summed E-state index contributed by atoms with van der Waals surface area (Å²) in [6.45, 7) is 13.9. The average Bonchev–Trinajstić information content (AvgIpc) is 2.41. The molecule has 0 amide bonds. The largest absolute Gasteiger partial charge is 0.381 e. The standard InChI is InChI=1S/C17H34O2/c1-5-9-13-18-15-17(11-7-3,12-8-4)16-19-14-10-6-2/h7H,3,5-6,8-16H2,1-2,4H3. The summed E-state index contributed by atoms with van der Waals surface area (Å²) in [4.78, 5) is 0. The molecule has 0 aromatic carbocycles. The molecular formula is C17H34O2. The van der Waals surface area contributed by atoms with Crippen LogP contribution >= 0.6 is 0 Å². The Balaban J connectivity index is 4.25. The monoisotopic (exact) mass is 270 g/mol. The average molecular weight is 270 g/mol. The molecule has 0 aliphatic carbocycles. The van der Waals surface area contributed by atoms with Gasteiger partial charge in [-0.05, 0) is 25.7 Å². The van der Waals surface area contributed by atoms with Crippen LogP contribution in [-0.2, 0) is 9.47 Å². The summed E-state index contributed by atoms with van der Waals surface area (Å²) in [5.74, 6) is 0. The highest BCUT2D eigenvalue weighted by atomic mass is 16.5. The molecule has 0 aliphatic heterocycles. The van der Waals surface area contributed by atoms with Gasteiger partial charge in [-0.15, -0.1) is 6.58 Å². The zero-order chi connectivity index (χ0) is 14.4. The van der Waals surface area contributed by atoms with Gasteiger partial charge in [0.05, 0.1) is 13.2 Å². The van der Waals surface area contributed by atoms with Crippen molar-refractivity contribution in [1.29, 1.82) is 0 Å². The Kier molecular flexibility index (Phi) is 12.5. The summed E-state index contributed by atoms with van der Waals surface area (Å²) in [6.07, 6.45) is 9.99. The fourth-order valence-electron chi connectivity index (χ4n) is 2.31. The van der Waals surface area contributed by atoms with Gasteiger partial charge in [-0.2, -0.15) is 0 Å². The molecule has 19 heavy (non-hydrogen) atoms. The van der Waals surface area contributed by atoms with Gasteiger partial charge < -0.3 is 9.47 Å². The number of unbranched alkanes of at least 4 members (excludes halogenated alkanes) is 2. The third-order valence-corrected chi connectivity index (χ3v) is 3.46. The highest BCUT2D eigenvalue weighted by Gasteiger charge is 2.28. The van der Waals surface area contributed by atoms with Gasteiger partial charge in [0.2, 0.25) is 0 Å². The summed E-state index contributed by atoms with van der Waals surface area (Å²) >= 11 is 0. The molecule has 114 valence electrons. The van der Waals surface area contributed by atoms with Crippen molar-refractivity contribution in [2.75, 3.05) is 26.4 Å². The Morgan fingerprint density at radius 1 is 0.895 bits per heavy atom. The van der Waals surface area contributed by atoms with Gasteiger partial charge in [0.25, 0.3) is 0 Å². The second-order valence-corrected chi connectivity index (χ2v) is 5.56. The minimum Gasteiger partial charge on any atom is -0.381 e. The molecule has 0 aliphatic rings. The van der Waals surface area contributed by atoms with E-state index in [0.717, 1.165) is 52.1 Å². The Labute approximate surface area is 120 Å². The van der Waals surface area contributed by atoms with Crippen LogP contribution in [0.25, 0.3) is 0 Å². The fourth-order valence-corrected chi connectivity index (χ4v) is 2.31. The van der Waals surface area contributed by atoms with Crippen LogP contribution in [0.1, 0.15) is 65.7 Å². The van der Waals surface area contributed by atoms with E-state index < -0.39 is 0 Å². The predicted molar refractivity (Wildman–Crippen MR) is 83.6 cm³/mol. The van der Waals surface area contributed by atoms with Gasteiger partial charge in [-0.25, -0.2) is 0 Å². The molecule has 0 aromatic rings. The second kappa shape index (κ2) is 12.7. The van der Waals surface area contributed by atoms with Crippen molar-refractivity contribution in [3.63, 3.8) is 0 Å². The van der Waals surface area contributed by atoms with Gasteiger partial charge in [0.1, 0.15) is 0 Å². The first-order valence-electron chi connectivity index (χ1n) is 8.01. The van der Waals surface area contributed by atoms with Crippen LogP contribution in [0.5, 0.6) is 0 Å². The van der Waals surface area contributed by atoms with Crippen LogP contribution in [0.4, 0.5) is 0 Å². The highest BCUT2D eigenvalue weighted by molar-refractivity contribution is 4.86. The first-order chi connectivity index (χ1) is 9.24. The molecule has 2 heteroatoms. The van der Waals surface area contributed by atoms with E-state index in [0.29, 0.717) is 0 Å². The van der Waals surface area contributed by atoms with E-state index in [9.17, 15) is 0 Å². The lowest BCUT2D eigenvalue weighted by molar-refractivity contribution is -0.0276. The Morgan fingerprint density at radius 3 is 1.79 bits per heavy atom. The summed E-state index contributed by atoms with van der Waals surface area (Å²) in [7, 11) is 0. The third kappa shape index (κ3) is 9.23. The van der Waals surface area contributed by atoms with Crippen LogP contribution in [0.3, 0.4) is 0 Å². The molecule has 2 nitrogen and oxygen atoms in total. The molecule has 0 radical (unpaired) electrons. The third-order valence-electron chi connectivity index (χ3n) is 3.46. The normalized spacial score (nSPS) is 11.7. The molecule has 0 saturated heterocycles. The molecule has 0 rings (SSSR count). The SMILES string of the molecule is C=CCC(CCC)(COCCCC)COCCCC. The minimum absolute atomic E-state index is 0.137. The van der Waals surface area contributed by atoms with E-state index in [1.807, 2.05) is 6.08 Å². The first-order valence-corrected chi connectivity index (χ1v) is 8.01. The topological polar surface area (TPSA) is 18.5 Å². The van der Waals surface area contributed by atoms with Gasteiger partial charge in [-0.3, -0.25) is 0 Å². The van der Waals surface area contributed by atoms with Crippen molar-refractivity contribution in [3.05, 3.63) is 12.7 Å². The molecule has 0 saturated carbocycles. The van der Waals surface area contributed by atoms with Crippen LogP contribution in [0, 0.1) is 5.41 Å². The fraction of sp³-hybridized carbons (Fsp3) is 0.882. The number of hydrogen-bond acceptors (Lipinski definition) is 2. The van der Waals surface area contributed by atoms with Crippen LogP contribution in [-0.4, -0.2) is 26.4 Å². The molecule has 0 N–H and O–H groups in total. The van der Waals surface area contributed by atoms with Crippen molar-refractivity contribution in [2.24, 2.45) is 5.41 Å². The lowest BCUT2D eigenvalue weighted by Gasteiger charge is -2.32. The molecule has 0 aromatic heterocycles. The maximum absolute atomic E-state index is 5.87. The number of hydrogen-bond donors (Lipinski definition) is 0. The quantitative estimate of drug-likeness (QED) is 0.327. The summed E-state index contributed by atoms with van der Waals surface area (Å²) in [6, 6.07) is 0. The van der Waals surface area contributed by atoms with Crippen molar-refractivity contribution >= 4 is 0 Å². The van der Waals surface area contributed by atoms with E-state index in [2.05, 4.69) is 27.4 Å². The van der Waals surface area contributed by atoms with E-state index in [-0.39, 0.29) is 5.41 Å². The summed E-state index contributed by atoms with van der Waals surface area (Å²) in [5.41, 5.74) is 0.137. The molecule has 0 unspecified atom stereocenters. The van der Waals surface area contributed by atoms with Crippen LogP contribution in [0.15, 0.2) is 12.7 Å². The lowest BCUT2D eigenvalue weighted by atomic mass is 9.81. The van der Waals surface area contributed by atoms with E-state index >= 15 is 0 Å². The van der Waals surface area contributed by atoms with E-state index in [1.165, 1.54) is 19.3 Å². The molecule has 0 atom stereocenters. The lowest BCUT2D eigenvalue weighted by Crippen LogP contribution is -2.32. The van der Waals surface area contributed by atoms with Crippen molar-refractivity contribution < 1.29 is 9.47 Å².